The maximum Gasteiger partial charge on any atom is 0.358 e. The van der Waals surface area contributed by atoms with Crippen LogP contribution in [-0.4, -0.2) is 29.9 Å². The van der Waals surface area contributed by atoms with Gasteiger partial charge in [-0.2, -0.15) is 0 Å². The maximum atomic E-state index is 10.6. The molecule has 0 fully saturated rings. The molecule has 6 heteroatoms. The molecule has 106 valence electrons. The minimum Gasteiger partial charge on any atom is -0.496 e. The molecule has 2 N–H and O–H groups in total. The number of hydrogen-bond donors (Lipinski definition) is 2. The van der Waals surface area contributed by atoms with Crippen LogP contribution in [0.25, 0.3) is 0 Å². The summed E-state index contributed by atoms with van der Waals surface area (Å²) in [6.45, 7) is 1.17. The van der Waals surface area contributed by atoms with E-state index in [2.05, 4.69) is 10.5 Å². The third-order valence-corrected chi connectivity index (χ3v) is 2.84. The summed E-state index contributed by atoms with van der Waals surface area (Å²) < 4.78 is 10.2. The highest BCUT2D eigenvalue weighted by atomic mass is 16.5. The second-order valence-electron chi connectivity index (χ2n) is 4.22. The van der Waals surface area contributed by atoms with Gasteiger partial charge >= 0.3 is 5.97 Å². The Hall–Kier alpha value is -2.34. The number of para-hydroxylation sites is 1. The summed E-state index contributed by atoms with van der Waals surface area (Å²) in [4.78, 5) is 10.6. The van der Waals surface area contributed by atoms with Crippen LogP contribution in [0.3, 0.4) is 0 Å². The van der Waals surface area contributed by atoms with Crippen LogP contribution in [0.15, 0.2) is 34.9 Å². The molecule has 0 aliphatic rings. The van der Waals surface area contributed by atoms with E-state index in [0.29, 0.717) is 12.3 Å². The van der Waals surface area contributed by atoms with Gasteiger partial charge in [-0.15, -0.1) is 0 Å². The number of benzene rings is 1. The lowest BCUT2D eigenvalue weighted by Gasteiger charge is -2.08. The number of carboxylic acids is 1. The fourth-order valence-corrected chi connectivity index (χ4v) is 1.84. The minimum absolute atomic E-state index is 0.0773. The predicted molar refractivity (Wildman–Crippen MR) is 71.9 cm³/mol. The molecule has 0 aliphatic carbocycles. The molecule has 0 saturated heterocycles. The molecular weight excluding hydrogens is 260 g/mol. The summed E-state index contributed by atoms with van der Waals surface area (Å²) in [5, 5.41) is 15.3. The SMILES string of the molecule is COc1ccccc1CCNCc1cc(C(=O)O)no1. The van der Waals surface area contributed by atoms with Gasteiger partial charge in [-0.05, 0) is 24.6 Å². The number of hydrogen-bond acceptors (Lipinski definition) is 5. The summed E-state index contributed by atoms with van der Waals surface area (Å²) in [6.07, 6.45) is 0.809. The van der Waals surface area contributed by atoms with Crippen molar-refractivity contribution in [3.05, 3.63) is 47.3 Å². The lowest BCUT2D eigenvalue weighted by atomic mass is 10.1. The Morgan fingerprint density at radius 1 is 1.45 bits per heavy atom. The molecule has 0 radical (unpaired) electrons. The van der Waals surface area contributed by atoms with Gasteiger partial charge in [-0.3, -0.25) is 0 Å². The lowest BCUT2D eigenvalue weighted by molar-refractivity contribution is 0.0685. The molecule has 20 heavy (non-hydrogen) atoms. The average Bonchev–Trinajstić information content (AvgIpc) is 2.93. The average molecular weight is 276 g/mol. The summed E-state index contributed by atoms with van der Waals surface area (Å²) in [5.41, 5.74) is 1.04. The molecule has 1 aromatic carbocycles. The number of nitrogens with one attached hydrogen (secondary N) is 1. The molecule has 0 spiro atoms. The fraction of sp³-hybridized carbons (Fsp3) is 0.286. The van der Waals surface area contributed by atoms with Crippen molar-refractivity contribution in [2.45, 2.75) is 13.0 Å². The van der Waals surface area contributed by atoms with E-state index < -0.39 is 5.97 Å². The van der Waals surface area contributed by atoms with E-state index in [9.17, 15) is 4.79 Å². The fourth-order valence-electron chi connectivity index (χ4n) is 1.84. The molecule has 0 aliphatic heterocycles. The number of carboxylic acid groups (broad SMARTS) is 1. The van der Waals surface area contributed by atoms with Crippen LogP contribution < -0.4 is 10.1 Å². The Labute approximate surface area is 116 Å². The van der Waals surface area contributed by atoms with Gasteiger partial charge in [-0.1, -0.05) is 23.4 Å². The van der Waals surface area contributed by atoms with Crippen LogP contribution in [0, 0.1) is 0 Å². The predicted octanol–water partition coefficient (Wildman–Crippen LogP) is 1.71. The summed E-state index contributed by atoms with van der Waals surface area (Å²) >= 11 is 0. The van der Waals surface area contributed by atoms with E-state index in [1.807, 2.05) is 24.3 Å². The molecule has 2 rings (SSSR count). The molecule has 0 atom stereocenters. The first-order valence-electron chi connectivity index (χ1n) is 6.22. The van der Waals surface area contributed by atoms with Crippen molar-refractivity contribution in [3.63, 3.8) is 0 Å². The number of rotatable bonds is 7. The highest BCUT2D eigenvalue weighted by Crippen LogP contribution is 2.17. The van der Waals surface area contributed by atoms with Gasteiger partial charge in [0.2, 0.25) is 0 Å². The van der Waals surface area contributed by atoms with Gasteiger partial charge in [0, 0.05) is 6.07 Å². The van der Waals surface area contributed by atoms with Gasteiger partial charge in [0.25, 0.3) is 0 Å². The first kappa shape index (κ1) is 14.1. The summed E-state index contributed by atoms with van der Waals surface area (Å²) in [5.74, 6) is 0.276. The molecule has 0 saturated carbocycles. The van der Waals surface area contributed by atoms with Crippen molar-refractivity contribution >= 4 is 5.97 Å². The normalized spacial score (nSPS) is 10.4. The molecule has 2 aromatic rings. The zero-order valence-electron chi connectivity index (χ0n) is 11.1. The third kappa shape index (κ3) is 3.58. The highest BCUT2D eigenvalue weighted by Gasteiger charge is 2.10. The second-order valence-corrected chi connectivity index (χ2v) is 4.22. The number of aromatic carboxylic acids is 1. The monoisotopic (exact) mass is 276 g/mol. The number of nitrogens with zero attached hydrogens (tertiary/aromatic N) is 1. The van der Waals surface area contributed by atoms with Crippen LogP contribution in [0.4, 0.5) is 0 Å². The van der Waals surface area contributed by atoms with Crippen LogP contribution in [-0.2, 0) is 13.0 Å². The van der Waals surface area contributed by atoms with E-state index in [1.54, 1.807) is 7.11 Å². The summed E-state index contributed by atoms with van der Waals surface area (Å²) in [7, 11) is 1.65. The van der Waals surface area contributed by atoms with Crippen molar-refractivity contribution in [2.75, 3.05) is 13.7 Å². The van der Waals surface area contributed by atoms with E-state index in [0.717, 1.165) is 24.3 Å². The van der Waals surface area contributed by atoms with Gasteiger partial charge in [0.1, 0.15) is 5.75 Å². The lowest BCUT2D eigenvalue weighted by Crippen LogP contribution is -2.16. The van der Waals surface area contributed by atoms with Gasteiger partial charge < -0.3 is 19.7 Å². The van der Waals surface area contributed by atoms with E-state index in [-0.39, 0.29) is 5.69 Å². The van der Waals surface area contributed by atoms with Crippen molar-refractivity contribution in [2.24, 2.45) is 0 Å². The Morgan fingerprint density at radius 3 is 2.95 bits per heavy atom. The van der Waals surface area contributed by atoms with Gasteiger partial charge in [0.05, 0.1) is 13.7 Å². The molecule has 1 aromatic heterocycles. The van der Waals surface area contributed by atoms with E-state index >= 15 is 0 Å². The minimum atomic E-state index is -1.09. The standard InChI is InChI=1S/C14H16N2O4/c1-19-13-5-3-2-4-10(13)6-7-15-9-11-8-12(14(17)18)16-20-11/h2-5,8,15H,6-7,9H2,1H3,(H,17,18). The Morgan fingerprint density at radius 2 is 2.25 bits per heavy atom. The topological polar surface area (TPSA) is 84.6 Å². The van der Waals surface area contributed by atoms with E-state index in [1.165, 1.54) is 6.07 Å². The number of carbonyl (C=O) groups is 1. The quantitative estimate of drug-likeness (QED) is 0.749. The van der Waals surface area contributed by atoms with Crippen LogP contribution >= 0.6 is 0 Å². The molecule has 0 bridgehead atoms. The van der Waals surface area contributed by atoms with E-state index in [4.69, 9.17) is 14.4 Å². The zero-order valence-corrected chi connectivity index (χ0v) is 11.1. The Bertz CT molecular complexity index is 580. The molecule has 6 nitrogen and oxygen atoms in total. The first-order chi connectivity index (χ1) is 9.70. The third-order valence-electron chi connectivity index (χ3n) is 2.84. The maximum absolute atomic E-state index is 10.6. The number of ether oxygens (including phenoxy) is 1. The van der Waals surface area contributed by atoms with Crippen LogP contribution in [0.5, 0.6) is 5.75 Å². The zero-order chi connectivity index (χ0) is 14.4. The Balaban J connectivity index is 1.80. The molecule has 1 heterocycles. The second kappa shape index (κ2) is 6.72. The molecule has 0 unspecified atom stereocenters. The van der Waals surface area contributed by atoms with Crippen molar-refractivity contribution in [3.8, 4) is 5.75 Å². The Kier molecular flexibility index (Phi) is 4.73. The molecule has 0 amide bonds. The smallest absolute Gasteiger partial charge is 0.358 e. The number of aromatic nitrogens is 1. The van der Waals surface area contributed by atoms with Gasteiger partial charge in [0.15, 0.2) is 11.5 Å². The molecular formula is C14H16N2O4. The van der Waals surface area contributed by atoms with Crippen LogP contribution in [0.1, 0.15) is 21.8 Å². The van der Waals surface area contributed by atoms with Gasteiger partial charge in [-0.25, -0.2) is 4.79 Å². The van der Waals surface area contributed by atoms with Crippen molar-refractivity contribution in [1.29, 1.82) is 0 Å². The van der Waals surface area contributed by atoms with Crippen molar-refractivity contribution < 1.29 is 19.2 Å². The first-order valence-corrected chi connectivity index (χ1v) is 6.22. The van der Waals surface area contributed by atoms with Crippen molar-refractivity contribution in [1.82, 2.24) is 10.5 Å². The number of methoxy groups -OCH3 is 1. The largest absolute Gasteiger partial charge is 0.496 e. The highest BCUT2D eigenvalue weighted by molar-refractivity contribution is 5.85. The van der Waals surface area contributed by atoms with Crippen LogP contribution in [0.2, 0.25) is 0 Å². The summed E-state index contributed by atoms with van der Waals surface area (Å²) in [6, 6.07) is 9.24.